The molecule has 0 saturated carbocycles. The molecule has 0 fully saturated rings. The molecule has 0 heterocycles. The van der Waals surface area contributed by atoms with Gasteiger partial charge in [0, 0.05) is 0 Å². The highest BCUT2D eigenvalue weighted by molar-refractivity contribution is 5.85. The molecule has 0 spiro atoms. The summed E-state index contributed by atoms with van der Waals surface area (Å²) in [6.45, 7) is 0. The van der Waals surface area contributed by atoms with Gasteiger partial charge < -0.3 is 23.2 Å². The zero-order valence-corrected chi connectivity index (χ0v) is 11.6. The molecule has 0 saturated heterocycles. The molecule has 1 aromatic carbocycles. The fraction of sp³-hybridized carbons (Fsp3) is 0.364. The highest BCUT2D eigenvalue weighted by Gasteiger charge is 2.16. The number of hydrogen-bond acceptors (Lipinski definition) is 2. The zero-order chi connectivity index (χ0) is 11.6. The lowest BCUT2D eigenvalue weighted by Crippen LogP contribution is -3.00. The van der Waals surface area contributed by atoms with Crippen molar-refractivity contribution in [1.82, 2.24) is 4.48 Å². The lowest BCUT2D eigenvalue weighted by atomic mass is 10.1. The normalized spacial score (nSPS) is 12.0. The Bertz CT molecular complexity index is 361. The van der Waals surface area contributed by atoms with Crippen molar-refractivity contribution in [2.45, 2.75) is 6.04 Å². The summed E-state index contributed by atoms with van der Waals surface area (Å²) in [7, 11) is 6.14. The molecule has 0 bridgehead atoms. The minimum Gasteiger partial charge on any atom is -1.00 e. The predicted molar refractivity (Wildman–Crippen MR) is 67.8 cm³/mol. The number of nitrogens with zero attached hydrogens (tertiary/aromatic N) is 1. The van der Waals surface area contributed by atoms with E-state index >= 15 is 0 Å². The van der Waals surface area contributed by atoms with Crippen molar-refractivity contribution in [3.05, 3.63) is 29.8 Å². The molecule has 4 nitrogen and oxygen atoms in total. The number of carbonyl (C=O) groups is 1. The van der Waals surface area contributed by atoms with Gasteiger partial charge in [-0.15, -0.1) is 12.4 Å². The van der Waals surface area contributed by atoms with Gasteiger partial charge in [-0.2, -0.15) is 0 Å². The Labute approximate surface area is 114 Å². The summed E-state index contributed by atoms with van der Waals surface area (Å²) in [4.78, 5) is 10.7. The van der Waals surface area contributed by atoms with E-state index in [2.05, 4.69) is 0 Å². The molecule has 0 amide bonds. The van der Waals surface area contributed by atoms with Crippen molar-refractivity contribution >= 4 is 24.1 Å². The van der Waals surface area contributed by atoms with Crippen LogP contribution in [0.15, 0.2) is 24.3 Å². The van der Waals surface area contributed by atoms with Crippen LogP contribution in [-0.2, 0) is 4.79 Å². The van der Waals surface area contributed by atoms with E-state index in [4.69, 9.17) is 10.8 Å². The standard InChI is InChI=1S/C11H16N2O2.2ClH/c1-13(2,3)9-6-4-8(5-7-9)10(12)11(14)15;;/h4-7,10H,12H2,1-3H3;2*1H. The van der Waals surface area contributed by atoms with Crippen molar-refractivity contribution in [3.63, 3.8) is 0 Å². The van der Waals surface area contributed by atoms with Gasteiger partial charge in [0.15, 0.2) is 0 Å². The number of rotatable bonds is 3. The highest BCUT2D eigenvalue weighted by Crippen LogP contribution is 2.19. The molecule has 0 radical (unpaired) electrons. The molecule has 1 rings (SSSR count). The summed E-state index contributed by atoms with van der Waals surface area (Å²) in [6, 6.07) is 6.39. The molecule has 98 valence electrons. The molecule has 1 unspecified atom stereocenters. The smallest absolute Gasteiger partial charge is 0.325 e. The average molecular weight is 281 g/mol. The average Bonchev–Trinajstić information content (AvgIpc) is 2.15. The summed E-state index contributed by atoms with van der Waals surface area (Å²) >= 11 is 0. The number of halogens is 2. The van der Waals surface area contributed by atoms with Crippen LogP contribution in [0.5, 0.6) is 0 Å². The summed E-state index contributed by atoms with van der Waals surface area (Å²) in [5.74, 6) is -1.01. The molecule has 6 heteroatoms. The van der Waals surface area contributed by atoms with E-state index in [0.29, 0.717) is 10.0 Å². The van der Waals surface area contributed by atoms with Crippen molar-refractivity contribution in [1.29, 1.82) is 0 Å². The third-order valence-corrected chi connectivity index (χ3v) is 2.29. The second-order valence-corrected chi connectivity index (χ2v) is 4.42. The molecule has 3 N–H and O–H groups in total. The number of nitrogens with two attached hydrogens (primary N) is 1. The summed E-state index contributed by atoms with van der Waals surface area (Å²) in [6.07, 6.45) is 0. The van der Waals surface area contributed by atoms with E-state index in [1.807, 2.05) is 33.3 Å². The van der Waals surface area contributed by atoms with Crippen molar-refractivity contribution in [2.24, 2.45) is 5.73 Å². The van der Waals surface area contributed by atoms with Crippen LogP contribution in [0, 0.1) is 0 Å². The third-order valence-electron chi connectivity index (χ3n) is 2.29. The number of quaternary nitrogens is 1. The van der Waals surface area contributed by atoms with Gasteiger partial charge in [-0.25, -0.2) is 0 Å². The first-order valence-electron chi connectivity index (χ1n) is 4.73. The van der Waals surface area contributed by atoms with Crippen LogP contribution in [-0.4, -0.2) is 32.2 Å². The molecular formula is C11H18Cl2N2O2. The first-order valence-corrected chi connectivity index (χ1v) is 4.73. The van der Waals surface area contributed by atoms with Crippen LogP contribution >= 0.6 is 12.4 Å². The van der Waals surface area contributed by atoms with Crippen molar-refractivity contribution < 1.29 is 22.3 Å². The Hall–Kier alpha value is -0.810. The zero-order valence-electron chi connectivity index (χ0n) is 10.1. The van der Waals surface area contributed by atoms with E-state index in [0.717, 1.165) is 5.69 Å². The van der Waals surface area contributed by atoms with Gasteiger partial charge >= 0.3 is 5.97 Å². The molecule has 1 aromatic rings. The summed E-state index contributed by atoms with van der Waals surface area (Å²) in [5, 5.41) is 8.74. The first kappa shape index (κ1) is 18.6. The highest BCUT2D eigenvalue weighted by atomic mass is 35.5. The molecule has 0 aromatic heterocycles. The fourth-order valence-corrected chi connectivity index (χ4v) is 1.27. The quantitative estimate of drug-likeness (QED) is 0.656. The Morgan fingerprint density at radius 2 is 1.65 bits per heavy atom. The van der Waals surface area contributed by atoms with Crippen LogP contribution in [0.1, 0.15) is 11.6 Å². The number of aliphatic carboxylic acids is 1. The number of hydrogen-bond donors (Lipinski definition) is 2. The van der Waals surface area contributed by atoms with Gasteiger partial charge in [0.2, 0.25) is 0 Å². The first-order chi connectivity index (χ1) is 6.82. The van der Waals surface area contributed by atoms with E-state index in [9.17, 15) is 4.79 Å². The number of carboxylic acid groups (broad SMARTS) is 1. The van der Waals surface area contributed by atoms with Crippen molar-refractivity contribution in [3.8, 4) is 0 Å². The Morgan fingerprint density at radius 1 is 1.24 bits per heavy atom. The Kier molecular flexibility index (Phi) is 7.43. The molecule has 0 aliphatic carbocycles. The van der Waals surface area contributed by atoms with Gasteiger partial charge in [0.1, 0.15) is 11.7 Å². The minimum atomic E-state index is -1.01. The second-order valence-electron chi connectivity index (χ2n) is 4.42. The van der Waals surface area contributed by atoms with Gasteiger partial charge in [-0.05, 0) is 17.7 Å². The van der Waals surface area contributed by atoms with Gasteiger partial charge in [0.25, 0.3) is 0 Å². The molecule has 17 heavy (non-hydrogen) atoms. The van der Waals surface area contributed by atoms with Gasteiger partial charge in [0.05, 0.1) is 21.1 Å². The number of carboxylic acids is 1. The minimum absolute atomic E-state index is 0. The largest absolute Gasteiger partial charge is 1.00 e. The van der Waals surface area contributed by atoms with E-state index in [1.165, 1.54) is 0 Å². The second kappa shape index (κ2) is 6.81. The van der Waals surface area contributed by atoms with Crippen LogP contribution < -0.4 is 22.6 Å². The van der Waals surface area contributed by atoms with Crippen LogP contribution in [0.25, 0.3) is 0 Å². The maximum absolute atomic E-state index is 10.7. The molecule has 0 aliphatic heterocycles. The molecule has 1 atom stereocenters. The van der Waals surface area contributed by atoms with Crippen LogP contribution in [0.2, 0.25) is 0 Å². The topological polar surface area (TPSA) is 63.3 Å². The maximum Gasteiger partial charge on any atom is 0.325 e. The molecular weight excluding hydrogens is 263 g/mol. The van der Waals surface area contributed by atoms with Crippen LogP contribution in [0.3, 0.4) is 0 Å². The van der Waals surface area contributed by atoms with Gasteiger partial charge in [-0.3, -0.25) is 9.28 Å². The third kappa shape index (κ3) is 4.91. The predicted octanol–water partition coefficient (Wildman–Crippen LogP) is -1.61. The summed E-state index contributed by atoms with van der Waals surface area (Å²) < 4.78 is 0.697. The lowest BCUT2D eigenvalue weighted by Gasteiger charge is -2.23. The Morgan fingerprint density at radius 3 is 1.94 bits per heavy atom. The Balaban J connectivity index is 0. The molecule has 0 aliphatic rings. The van der Waals surface area contributed by atoms with E-state index in [1.54, 1.807) is 12.1 Å². The van der Waals surface area contributed by atoms with Crippen LogP contribution in [0.4, 0.5) is 5.69 Å². The SMILES string of the molecule is C[N+](C)(C)c1ccc(C(N)C(=O)O)cc1.Cl.[Cl-]. The number of benzene rings is 1. The van der Waals surface area contributed by atoms with Gasteiger partial charge in [-0.1, -0.05) is 12.1 Å². The summed E-state index contributed by atoms with van der Waals surface area (Å²) in [5.41, 5.74) is 7.22. The fourth-order valence-electron chi connectivity index (χ4n) is 1.27. The maximum atomic E-state index is 10.7. The monoisotopic (exact) mass is 280 g/mol. The lowest BCUT2D eigenvalue weighted by molar-refractivity contribution is -0.138. The van der Waals surface area contributed by atoms with E-state index in [-0.39, 0.29) is 24.8 Å². The van der Waals surface area contributed by atoms with Crippen molar-refractivity contribution in [2.75, 3.05) is 21.1 Å². The van der Waals surface area contributed by atoms with E-state index < -0.39 is 12.0 Å².